The van der Waals surface area contributed by atoms with E-state index in [1.54, 1.807) is 36.4 Å². The maximum absolute atomic E-state index is 12.9. The molecule has 1 aliphatic carbocycles. The summed E-state index contributed by atoms with van der Waals surface area (Å²) in [5, 5.41) is 10.4. The highest BCUT2D eigenvalue weighted by atomic mass is 79.9. The number of carboxylic acid groups (broad SMARTS) is 1. The molecule has 1 fully saturated rings. The number of carbonyl (C=O) groups is 1. The normalized spacial score (nSPS) is 20.7. The van der Waals surface area contributed by atoms with Crippen LogP contribution in [0.3, 0.4) is 0 Å². The van der Waals surface area contributed by atoms with E-state index in [0.29, 0.717) is 5.02 Å². The molecule has 0 bridgehead atoms. The Bertz CT molecular complexity index is 1210. The SMILES string of the molecule is O=C(O)C1(NS(=O)(=O)c2ccc(-c3ccc(Cl)cc3)cc2)CC1c1cccc(Br)c1. The van der Waals surface area contributed by atoms with Crippen molar-refractivity contribution in [1.82, 2.24) is 4.72 Å². The molecule has 0 radical (unpaired) electrons. The molecular formula is C22H17BrClNO4S. The summed E-state index contributed by atoms with van der Waals surface area (Å²) in [5.74, 6) is -1.62. The van der Waals surface area contributed by atoms with Gasteiger partial charge in [-0.15, -0.1) is 0 Å². The first kappa shape index (κ1) is 21.1. The highest BCUT2D eigenvalue weighted by molar-refractivity contribution is 9.10. The Morgan fingerprint density at radius 2 is 1.63 bits per heavy atom. The number of aliphatic carboxylic acids is 1. The molecule has 0 amide bonds. The van der Waals surface area contributed by atoms with Crippen molar-refractivity contribution in [2.75, 3.05) is 0 Å². The quantitative estimate of drug-likeness (QED) is 0.490. The molecule has 0 aromatic heterocycles. The molecule has 0 spiro atoms. The summed E-state index contributed by atoms with van der Waals surface area (Å²) in [4.78, 5) is 12.0. The smallest absolute Gasteiger partial charge is 0.325 e. The third-order valence-electron chi connectivity index (χ3n) is 5.25. The Balaban J connectivity index is 1.58. The Labute approximate surface area is 187 Å². The molecular weight excluding hydrogens is 490 g/mol. The van der Waals surface area contributed by atoms with Crippen LogP contribution < -0.4 is 4.72 Å². The van der Waals surface area contributed by atoms with Gasteiger partial charge in [0.15, 0.2) is 0 Å². The van der Waals surface area contributed by atoms with Crippen LogP contribution in [0.15, 0.2) is 82.2 Å². The van der Waals surface area contributed by atoms with E-state index >= 15 is 0 Å². The van der Waals surface area contributed by atoms with Crippen LogP contribution in [0.1, 0.15) is 17.9 Å². The van der Waals surface area contributed by atoms with E-state index in [-0.39, 0.29) is 11.3 Å². The second kappa shape index (κ2) is 7.81. The van der Waals surface area contributed by atoms with Gasteiger partial charge in [0.1, 0.15) is 5.54 Å². The third-order valence-corrected chi connectivity index (χ3v) is 7.52. The topological polar surface area (TPSA) is 83.5 Å². The Morgan fingerprint density at radius 1 is 1.03 bits per heavy atom. The molecule has 3 aromatic rings. The lowest BCUT2D eigenvalue weighted by Gasteiger charge is -2.16. The number of halogens is 2. The number of benzene rings is 3. The molecule has 5 nitrogen and oxygen atoms in total. The van der Waals surface area contributed by atoms with Crippen molar-refractivity contribution in [3.05, 3.63) is 87.9 Å². The fraction of sp³-hybridized carbons (Fsp3) is 0.136. The van der Waals surface area contributed by atoms with Crippen molar-refractivity contribution in [2.24, 2.45) is 0 Å². The van der Waals surface area contributed by atoms with E-state index in [1.807, 2.05) is 24.3 Å². The van der Waals surface area contributed by atoms with Gasteiger partial charge in [-0.25, -0.2) is 8.42 Å². The Hall–Kier alpha value is -2.19. The molecule has 2 N–H and O–H groups in total. The van der Waals surface area contributed by atoms with Crippen LogP contribution in [0.25, 0.3) is 11.1 Å². The minimum absolute atomic E-state index is 0.0146. The zero-order valence-electron chi connectivity index (χ0n) is 15.5. The van der Waals surface area contributed by atoms with Crippen LogP contribution in [-0.2, 0) is 14.8 Å². The fourth-order valence-corrected chi connectivity index (χ4v) is 5.50. The van der Waals surface area contributed by atoms with Gasteiger partial charge in [-0.1, -0.05) is 63.9 Å². The van der Waals surface area contributed by atoms with Crippen LogP contribution >= 0.6 is 27.5 Å². The molecule has 154 valence electrons. The van der Waals surface area contributed by atoms with Crippen molar-refractivity contribution < 1.29 is 18.3 Å². The monoisotopic (exact) mass is 505 g/mol. The predicted molar refractivity (Wildman–Crippen MR) is 119 cm³/mol. The van der Waals surface area contributed by atoms with Gasteiger partial charge in [0, 0.05) is 15.4 Å². The number of sulfonamides is 1. The lowest BCUT2D eigenvalue weighted by molar-refractivity contribution is -0.140. The fourth-order valence-electron chi connectivity index (χ4n) is 3.55. The summed E-state index contributed by atoms with van der Waals surface area (Å²) in [6.07, 6.45) is 0.195. The second-order valence-corrected chi connectivity index (χ2v) is 10.3. The molecule has 4 rings (SSSR count). The van der Waals surface area contributed by atoms with Crippen LogP contribution in [0.4, 0.5) is 0 Å². The van der Waals surface area contributed by atoms with E-state index in [4.69, 9.17) is 11.6 Å². The van der Waals surface area contributed by atoms with Crippen molar-refractivity contribution in [1.29, 1.82) is 0 Å². The maximum atomic E-state index is 12.9. The minimum atomic E-state index is -4.02. The average Bonchev–Trinajstić information content (AvgIpc) is 3.44. The lowest BCUT2D eigenvalue weighted by Crippen LogP contribution is -2.44. The summed E-state index contributed by atoms with van der Waals surface area (Å²) in [6, 6.07) is 20.8. The van der Waals surface area contributed by atoms with Gasteiger partial charge in [0.25, 0.3) is 0 Å². The Morgan fingerprint density at radius 3 is 2.20 bits per heavy atom. The molecule has 1 aliphatic rings. The van der Waals surface area contributed by atoms with Crippen LogP contribution in [0, 0.1) is 0 Å². The van der Waals surface area contributed by atoms with Crippen molar-refractivity contribution >= 4 is 43.5 Å². The van der Waals surface area contributed by atoms with Gasteiger partial charge in [-0.05, 0) is 59.5 Å². The summed E-state index contributed by atoms with van der Waals surface area (Å²) in [6.45, 7) is 0. The second-order valence-electron chi connectivity index (χ2n) is 7.22. The van der Waals surface area contributed by atoms with E-state index in [1.165, 1.54) is 12.1 Å². The van der Waals surface area contributed by atoms with Crippen LogP contribution in [-0.4, -0.2) is 25.0 Å². The zero-order valence-corrected chi connectivity index (χ0v) is 18.7. The lowest BCUT2D eigenvalue weighted by atomic mass is 10.1. The summed E-state index contributed by atoms with van der Waals surface area (Å²) < 4.78 is 29.1. The van der Waals surface area contributed by atoms with E-state index in [0.717, 1.165) is 21.2 Å². The van der Waals surface area contributed by atoms with E-state index in [2.05, 4.69) is 20.7 Å². The highest BCUT2D eigenvalue weighted by Gasteiger charge is 2.63. The largest absolute Gasteiger partial charge is 0.480 e. The zero-order chi connectivity index (χ0) is 21.5. The maximum Gasteiger partial charge on any atom is 0.325 e. The summed E-state index contributed by atoms with van der Waals surface area (Å²) >= 11 is 9.27. The van der Waals surface area contributed by atoms with Gasteiger partial charge in [0.05, 0.1) is 4.90 Å². The standard InChI is InChI=1S/C22H17BrClNO4S/c23-17-3-1-2-16(12-17)20-13-22(20,21(26)27)25-30(28,29)19-10-6-15(7-11-19)14-4-8-18(24)9-5-14/h1-12,20,25H,13H2,(H,26,27). The third kappa shape index (κ3) is 4.03. The summed E-state index contributed by atoms with van der Waals surface area (Å²) in [5.41, 5.74) is 0.953. The number of hydrogen-bond donors (Lipinski definition) is 2. The molecule has 8 heteroatoms. The molecule has 2 unspecified atom stereocenters. The van der Waals surface area contributed by atoms with Gasteiger partial charge >= 0.3 is 5.97 Å². The first-order valence-corrected chi connectivity index (χ1v) is 11.8. The van der Waals surface area contributed by atoms with E-state index in [9.17, 15) is 18.3 Å². The molecule has 0 saturated heterocycles. The molecule has 0 aliphatic heterocycles. The Kier molecular flexibility index (Phi) is 5.48. The molecule has 1 saturated carbocycles. The molecule has 0 heterocycles. The van der Waals surface area contributed by atoms with E-state index < -0.39 is 27.4 Å². The first-order chi connectivity index (χ1) is 14.2. The van der Waals surface area contributed by atoms with Crippen molar-refractivity contribution in [3.8, 4) is 11.1 Å². The number of hydrogen-bond acceptors (Lipinski definition) is 3. The average molecular weight is 507 g/mol. The van der Waals surface area contributed by atoms with Gasteiger partial charge in [-0.2, -0.15) is 4.72 Å². The predicted octanol–water partition coefficient (Wildman–Crippen LogP) is 5.06. The molecule has 2 atom stereocenters. The van der Waals surface area contributed by atoms with Crippen molar-refractivity contribution in [2.45, 2.75) is 22.8 Å². The van der Waals surface area contributed by atoms with Crippen LogP contribution in [0.2, 0.25) is 5.02 Å². The number of rotatable bonds is 6. The number of carboxylic acids is 1. The van der Waals surface area contributed by atoms with Crippen molar-refractivity contribution in [3.63, 3.8) is 0 Å². The first-order valence-electron chi connectivity index (χ1n) is 9.10. The van der Waals surface area contributed by atoms with Gasteiger partial charge in [-0.3, -0.25) is 4.79 Å². The van der Waals surface area contributed by atoms with Crippen LogP contribution in [0.5, 0.6) is 0 Å². The van der Waals surface area contributed by atoms with Gasteiger partial charge in [0.2, 0.25) is 10.0 Å². The minimum Gasteiger partial charge on any atom is -0.480 e. The highest BCUT2D eigenvalue weighted by Crippen LogP contribution is 2.52. The van der Waals surface area contributed by atoms with Gasteiger partial charge < -0.3 is 5.11 Å². The molecule has 3 aromatic carbocycles. The molecule has 30 heavy (non-hydrogen) atoms. The number of nitrogens with one attached hydrogen (secondary N) is 1. The summed E-state index contributed by atoms with van der Waals surface area (Å²) in [7, 11) is -4.02.